The van der Waals surface area contributed by atoms with Crippen LogP contribution in [0.2, 0.25) is 0 Å². The van der Waals surface area contributed by atoms with Crippen molar-refractivity contribution in [3.63, 3.8) is 0 Å². The third-order valence-electron chi connectivity index (χ3n) is 4.77. The van der Waals surface area contributed by atoms with Crippen LogP contribution >= 0.6 is 31.9 Å². The summed E-state index contributed by atoms with van der Waals surface area (Å²) in [7, 11) is 0. The summed E-state index contributed by atoms with van der Waals surface area (Å²) in [6, 6.07) is 0. The van der Waals surface area contributed by atoms with Crippen LogP contribution in [-0.2, 0) is 4.79 Å². The smallest absolute Gasteiger partial charge is 0.160 e. The second-order valence-electron chi connectivity index (χ2n) is 5.22. The molecule has 3 heteroatoms. The summed E-state index contributed by atoms with van der Waals surface area (Å²) in [5.41, 5.74) is 0.399. The molecule has 0 aromatic heterocycles. The van der Waals surface area contributed by atoms with Gasteiger partial charge in [0.1, 0.15) is 0 Å². The third kappa shape index (κ3) is 1.65. The molecule has 0 heterocycles. The maximum atomic E-state index is 12.0. The average molecular weight is 338 g/mol. The maximum Gasteiger partial charge on any atom is 0.160 e. The summed E-state index contributed by atoms with van der Waals surface area (Å²) in [5.74, 6) is 1.31. The molecule has 2 fully saturated rings. The van der Waals surface area contributed by atoms with Gasteiger partial charge in [-0.05, 0) is 30.1 Å². The summed E-state index contributed by atoms with van der Waals surface area (Å²) in [6.07, 6.45) is 5.27. The molecule has 0 radical (unpaired) electrons. The lowest BCUT2D eigenvalue weighted by Crippen LogP contribution is -2.52. The molecule has 0 aromatic carbocycles. The van der Waals surface area contributed by atoms with Crippen LogP contribution in [0.25, 0.3) is 0 Å². The molecule has 0 aromatic rings. The van der Waals surface area contributed by atoms with Crippen LogP contribution in [0.3, 0.4) is 0 Å². The molecule has 0 bridgehead atoms. The summed E-state index contributed by atoms with van der Waals surface area (Å²) in [6.45, 7) is 4.50. The van der Waals surface area contributed by atoms with E-state index in [0.717, 1.165) is 0 Å². The standard InChI is InChI=1S/C12H18Br2O/c1-7-9(13)11(15)10(14)8(2)12(7)5-3-4-6-12/h7-10H,3-6H2,1-2H3/t7-,8+,9-,10-/m0/s1. The number of carbonyl (C=O) groups excluding carboxylic acids is 1. The van der Waals surface area contributed by atoms with E-state index in [1.165, 1.54) is 25.7 Å². The fraction of sp³-hybridized carbons (Fsp3) is 0.917. The van der Waals surface area contributed by atoms with Crippen LogP contribution < -0.4 is 0 Å². The van der Waals surface area contributed by atoms with Gasteiger partial charge in [0.05, 0.1) is 9.65 Å². The maximum absolute atomic E-state index is 12.0. The zero-order valence-corrected chi connectivity index (χ0v) is 12.5. The Bertz CT molecular complexity index is 251. The van der Waals surface area contributed by atoms with E-state index in [2.05, 4.69) is 45.7 Å². The van der Waals surface area contributed by atoms with E-state index in [-0.39, 0.29) is 9.65 Å². The number of ketones is 1. The molecule has 4 atom stereocenters. The molecule has 1 spiro atoms. The largest absolute Gasteiger partial charge is 0.297 e. The van der Waals surface area contributed by atoms with Gasteiger partial charge in [-0.1, -0.05) is 58.5 Å². The number of hydrogen-bond donors (Lipinski definition) is 0. The van der Waals surface area contributed by atoms with Crippen molar-refractivity contribution in [3.05, 3.63) is 0 Å². The first kappa shape index (κ1) is 12.1. The number of halogens is 2. The fourth-order valence-corrected chi connectivity index (χ4v) is 5.56. The Balaban J connectivity index is 2.33. The highest BCUT2D eigenvalue weighted by Crippen LogP contribution is 2.57. The van der Waals surface area contributed by atoms with E-state index < -0.39 is 0 Å². The second-order valence-corrected chi connectivity index (χ2v) is 7.20. The molecule has 0 aliphatic heterocycles. The van der Waals surface area contributed by atoms with Crippen LogP contribution in [0.4, 0.5) is 0 Å². The zero-order chi connectivity index (χ0) is 11.2. The van der Waals surface area contributed by atoms with Crippen molar-refractivity contribution in [2.24, 2.45) is 17.3 Å². The van der Waals surface area contributed by atoms with Gasteiger partial charge in [0.2, 0.25) is 0 Å². The Hall–Kier alpha value is 0.630. The Kier molecular flexibility index (Phi) is 3.34. The quantitative estimate of drug-likeness (QED) is 0.612. The summed E-state index contributed by atoms with van der Waals surface area (Å²) >= 11 is 7.18. The molecule has 0 saturated heterocycles. The van der Waals surface area contributed by atoms with Crippen molar-refractivity contribution in [1.29, 1.82) is 0 Å². The second kappa shape index (κ2) is 4.14. The lowest BCUT2D eigenvalue weighted by atomic mass is 9.60. The first-order chi connectivity index (χ1) is 7.00. The molecule has 15 heavy (non-hydrogen) atoms. The Morgan fingerprint density at radius 3 is 1.87 bits per heavy atom. The minimum atomic E-state index is 0.0520. The number of carbonyl (C=O) groups is 1. The average Bonchev–Trinajstić information content (AvgIpc) is 2.72. The number of hydrogen-bond acceptors (Lipinski definition) is 1. The van der Waals surface area contributed by atoms with E-state index in [1.807, 2.05) is 0 Å². The first-order valence-electron chi connectivity index (χ1n) is 5.82. The van der Waals surface area contributed by atoms with Crippen molar-refractivity contribution >= 4 is 37.6 Å². The Morgan fingerprint density at radius 2 is 1.47 bits per heavy atom. The van der Waals surface area contributed by atoms with Gasteiger partial charge in [0.15, 0.2) is 5.78 Å². The van der Waals surface area contributed by atoms with Gasteiger partial charge in [0.25, 0.3) is 0 Å². The molecule has 2 rings (SSSR count). The lowest BCUT2D eigenvalue weighted by Gasteiger charge is -2.49. The van der Waals surface area contributed by atoms with Gasteiger partial charge in [-0.3, -0.25) is 4.79 Å². The summed E-state index contributed by atoms with van der Waals surface area (Å²) < 4.78 is 0. The highest BCUT2D eigenvalue weighted by molar-refractivity contribution is 9.10. The van der Waals surface area contributed by atoms with Crippen LogP contribution in [0.5, 0.6) is 0 Å². The van der Waals surface area contributed by atoms with Gasteiger partial charge in [-0.2, -0.15) is 0 Å². The fourth-order valence-electron chi connectivity index (χ4n) is 3.59. The first-order valence-corrected chi connectivity index (χ1v) is 7.66. The van der Waals surface area contributed by atoms with E-state index in [4.69, 9.17) is 0 Å². The predicted molar refractivity (Wildman–Crippen MR) is 69.7 cm³/mol. The van der Waals surface area contributed by atoms with Gasteiger partial charge in [-0.15, -0.1) is 0 Å². The minimum Gasteiger partial charge on any atom is -0.297 e. The number of alkyl halides is 2. The van der Waals surface area contributed by atoms with Gasteiger partial charge >= 0.3 is 0 Å². The monoisotopic (exact) mass is 336 g/mol. The van der Waals surface area contributed by atoms with Gasteiger partial charge < -0.3 is 0 Å². The normalized spacial score (nSPS) is 44.9. The molecule has 2 aliphatic rings. The molecular formula is C12H18Br2O. The third-order valence-corrected chi connectivity index (χ3v) is 7.26. The molecule has 0 amide bonds. The molecule has 0 unspecified atom stereocenters. The summed E-state index contributed by atoms with van der Waals surface area (Å²) in [5, 5.41) is 0. The van der Waals surface area contributed by atoms with Crippen LogP contribution in [-0.4, -0.2) is 15.4 Å². The van der Waals surface area contributed by atoms with Crippen molar-refractivity contribution < 1.29 is 4.79 Å². The zero-order valence-electron chi connectivity index (χ0n) is 9.30. The van der Waals surface area contributed by atoms with Gasteiger partial charge in [-0.25, -0.2) is 0 Å². The van der Waals surface area contributed by atoms with Crippen LogP contribution in [0.1, 0.15) is 39.5 Å². The summed E-state index contributed by atoms with van der Waals surface area (Å²) in [4.78, 5) is 12.1. The molecule has 86 valence electrons. The van der Waals surface area contributed by atoms with Crippen LogP contribution in [0.15, 0.2) is 0 Å². The molecule has 1 nitrogen and oxygen atoms in total. The van der Waals surface area contributed by atoms with E-state index in [9.17, 15) is 4.79 Å². The predicted octanol–water partition coefficient (Wildman–Crippen LogP) is 3.93. The van der Waals surface area contributed by atoms with Crippen molar-refractivity contribution in [1.82, 2.24) is 0 Å². The van der Waals surface area contributed by atoms with Crippen LogP contribution in [0, 0.1) is 17.3 Å². The van der Waals surface area contributed by atoms with E-state index in [0.29, 0.717) is 23.0 Å². The Morgan fingerprint density at radius 1 is 1.07 bits per heavy atom. The number of Topliss-reactive ketones (excluding diaryl/α,β-unsaturated/α-hetero) is 1. The van der Waals surface area contributed by atoms with Crippen molar-refractivity contribution in [2.75, 3.05) is 0 Å². The molecular weight excluding hydrogens is 320 g/mol. The van der Waals surface area contributed by atoms with E-state index >= 15 is 0 Å². The highest BCUT2D eigenvalue weighted by atomic mass is 79.9. The van der Waals surface area contributed by atoms with Crippen molar-refractivity contribution in [3.8, 4) is 0 Å². The lowest BCUT2D eigenvalue weighted by molar-refractivity contribution is -0.125. The SMILES string of the molecule is C[C@@H]1[C@H](Br)C(=O)[C@@H](Br)[C@H](C)C12CCCC2. The molecule has 0 N–H and O–H groups in total. The van der Waals surface area contributed by atoms with Crippen molar-refractivity contribution in [2.45, 2.75) is 49.2 Å². The minimum absolute atomic E-state index is 0.0520. The van der Waals surface area contributed by atoms with Gasteiger partial charge in [0, 0.05) is 0 Å². The Labute approximate surface area is 109 Å². The molecule has 2 saturated carbocycles. The highest BCUT2D eigenvalue weighted by Gasteiger charge is 2.54. The van der Waals surface area contributed by atoms with E-state index in [1.54, 1.807) is 0 Å². The molecule has 2 aliphatic carbocycles. The number of rotatable bonds is 0. The topological polar surface area (TPSA) is 17.1 Å².